The van der Waals surface area contributed by atoms with Gasteiger partial charge in [0.1, 0.15) is 5.82 Å². The van der Waals surface area contributed by atoms with Gasteiger partial charge in [0.05, 0.1) is 5.70 Å². The third kappa shape index (κ3) is 1.42. The zero-order valence-corrected chi connectivity index (χ0v) is 6.74. The lowest BCUT2D eigenvalue weighted by Crippen LogP contribution is -2.27. The van der Waals surface area contributed by atoms with E-state index in [1.54, 1.807) is 0 Å². The van der Waals surface area contributed by atoms with Crippen LogP contribution in [0.15, 0.2) is 11.5 Å². The van der Waals surface area contributed by atoms with Crippen molar-refractivity contribution in [2.45, 2.75) is 19.3 Å². The molecule has 0 spiro atoms. The summed E-state index contributed by atoms with van der Waals surface area (Å²) in [5, 5.41) is 10.1. The molecule has 0 aromatic rings. The smallest absolute Gasteiger partial charge is 0.118 e. The highest BCUT2D eigenvalue weighted by atomic mass is 15.2. The lowest BCUT2D eigenvalue weighted by molar-refractivity contribution is 0.571. The molecule has 0 aliphatic carbocycles. The summed E-state index contributed by atoms with van der Waals surface area (Å²) in [7, 11) is 0. The second-order valence-corrected chi connectivity index (χ2v) is 3.09. The summed E-state index contributed by atoms with van der Waals surface area (Å²) in [5.74, 6) is 1.24. The SMILES string of the molecule is C1CCC(=C2NCCN2)NC1. The molecule has 3 nitrogen and oxygen atoms in total. The number of piperidine rings is 1. The van der Waals surface area contributed by atoms with Crippen molar-refractivity contribution in [3.63, 3.8) is 0 Å². The van der Waals surface area contributed by atoms with E-state index in [-0.39, 0.29) is 0 Å². The highest BCUT2D eigenvalue weighted by molar-refractivity contribution is 5.13. The van der Waals surface area contributed by atoms with E-state index >= 15 is 0 Å². The maximum Gasteiger partial charge on any atom is 0.118 e. The first-order valence-electron chi connectivity index (χ1n) is 4.41. The fourth-order valence-corrected chi connectivity index (χ4v) is 1.62. The van der Waals surface area contributed by atoms with Crippen LogP contribution in [-0.4, -0.2) is 19.6 Å². The van der Waals surface area contributed by atoms with Gasteiger partial charge in [-0.1, -0.05) is 0 Å². The minimum absolute atomic E-state index is 1.07. The van der Waals surface area contributed by atoms with E-state index in [1.807, 2.05) is 0 Å². The highest BCUT2D eigenvalue weighted by Crippen LogP contribution is 2.12. The van der Waals surface area contributed by atoms with Crippen molar-refractivity contribution in [2.75, 3.05) is 19.6 Å². The van der Waals surface area contributed by atoms with E-state index in [9.17, 15) is 0 Å². The third-order valence-corrected chi connectivity index (χ3v) is 2.22. The van der Waals surface area contributed by atoms with Crippen molar-refractivity contribution in [1.29, 1.82) is 0 Å². The summed E-state index contributed by atoms with van der Waals surface area (Å²) in [6.45, 7) is 3.28. The summed E-state index contributed by atoms with van der Waals surface area (Å²) in [6.07, 6.45) is 3.85. The van der Waals surface area contributed by atoms with Crippen LogP contribution in [0.2, 0.25) is 0 Å². The minimum Gasteiger partial charge on any atom is -0.385 e. The van der Waals surface area contributed by atoms with Gasteiger partial charge in [0, 0.05) is 19.6 Å². The Labute approximate surface area is 67.2 Å². The largest absolute Gasteiger partial charge is 0.385 e. The summed E-state index contributed by atoms with van der Waals surface area (Å²) in [6, 6.07) is 0. The topological polar surface area (TPSA) is 36.1 Å². The summed E-state index contributed by atoms with van der Waals surface area (Å²) >= 11 is 0. The molecule has 62 valence electrons. The molecule has 0 unspecified atom stereocenters. The molecule has 0 radical (unpaired) electrons. The second-order valence-electron chi connectivity index (χ2n) is 3.09. The Morgan fingerprint density at radius 1 is 0.818 bits per heavy atom. The van der Waals surface area contributed by atoms with E-state index in [0.717, 1.165) is 19.6 Å². The van der Waals surface area contributed by atoms with Gasteiger partial charge in [-0.15, -0.1) is 0 Å². The van der Waals surface area contributed by atoms with Crippen LogP contribution in [0.4, 0.5) is 0 Å². The van der Waals surface area contributed by atoms with Crippen LogP contribution in [-0.2, 0) is 0 Å². The molecule has 0 saturated carbocycles. The summed E-state index contributed by atoms with van der Waals surface area (Å²) in [5.41, 5.74) is 1.38. The molecule has 2 aliphatic rings. The summed E-state index contributed by atoms with van der Waals surface area (Å²) in [4.78, 5) is 0. The molecule has 2 rings (SSSR count). The molecule has 0 amide bonds. The van der Waals surface area contributed by atoms with Gasteiger partial charge in [0.2, 0.25) is 0 Å². The Morgan fingerprint density at radius 2 is 1.64 bits per heavy atom. The zero-order chi connectivity index (χ0) is 7.52. The van der Waals surface area contributed by atoms with E-state index in [0.29, 0.717) is 0 Å². The fourth-order valence-electron chi connectivity index (χ4n) is 1.62. The van der Waals surface area contributed by atoms with Crippen molar-refractivity contribution in [3.8, 4) is 0 Å². The quantitative estimate of drug-likeness (QED) is 0.462. The third-order valence-electron chi connectivity index (χ3n) is 2.22. The molecule has 2 heterocycles. The number of rotatable bonds is 0. The van der Waals surface area contributed by atoms with Gasteiger partial charge >= 0.3 is 0 Å². The molecule has 0 aromatic carbocycles. The van der Waals surface area contributed by atoms with Gasteiger partial charge < -0.3 is 16.0 Å². The Balaban J connectivity index is 2.03. The second kappa shape index (κ2) is 3.03. The molecular weight excluding hydrogens is 138 g/mol. The van der Waals surface area contributed by atoms with Gasteiger partial charge in [-0.05, 0) is 19.3 Å². The Kier molecular flexibility index (Phi) is 1.88. The van der Waals surface area contributed by atoms with Crippen molar-refractivity contribution < 1.29 is 0 Å². The van der Waals surface area contributed by atoms with Gasteiger partial charge in [0.15, 0.2) is 0 Å². The molecule has 2 saturated heterocycles. The summed E-state index contributed by atoms with van der Waals surface area (Å²) < 4.78 is 0. The molecule has 0 atom stereocenters. The van der Waals surface area contributed by atoms with E-state index in [1.165, 1.54) is 30.8 Å². The average molecular weight is 153 g/mol. The molecule has 3 N–H and O–H groups in total. The van der Waals surface area contributed by atoms with E-state index < -0.39 is 0 Å². The van der Waals surface area contributed by atoms with E-state index in [4.69, 9.17) is 0 Å². The van der Waals surface area contributed by atoms with Crippen LogP contribution in [0.3, 0.4) is 0 Å². The van der Waals surface area contributed by atoms with Gasteiger partial charge in [-0.3, -0.25) is 0 Å². The molecule has 2 aliphatic heterocycles. The predicted molar refractivity (Wildman–Crippen MR) is 44.9 cm³/mol. The maximum absolute atomic E-state index is 3.42. The fraction of sp³-hybridized carbons (Fsp3) is 0.750. The monoisotopic (exact) mass is 153 g/mol. The van der Waals surface area contributed by atoms with Crippen LogP contribution in [0.1, 0.15) is 19.3 Å². The highest BCUT2D eigenvalue weighted by Gasteiger charge is 2.12. The lowest BCUT2D eigenvalue weighted by atomic mass is 10.1. The zero-order valence-electron chi connectivity index (χ0n) is 6.74. The first-order chi connectivity index (χ1) is 5.47. The van der Waals surface area contributed by atoms with Crippen LogP contribution in [0.25, 0.3) is 0 Å². The first-order valence-corrected chi connectivity index (χ1v) is 4.41. The van der Waals surface area contributed by atoms with Crippen LogP contribution < -0.4 is 16.0 Å². The van der Waals surface area contributed by atoms with Gasteiger partial charge in [-0.2, -0.15) is 0 Å². The number of nitrogens with one attached hydrogen (secondary N) is 3. The van der Waals surface area contributed by atoms with Gasteiger partial charge in [0.25, 0.3) is 0 Å². The maximum atomic E-state index is 3.42. The van der Waals surface area contributed by atoms with Crippen molar-refractivity contribution in [3.05, 3.63) is 11.5 Å². The Hall–Kier alpha value is -0.860. The van der Waals surface area contributed by atoms with Crippen LogP contribution >= 0.6 is 0 Å². The number of hydrogen-bond donors (Lipinski definition) is 3. The molecule has 0 aromatic heterocycles. The van der Waals surface area contributed by atoms with Crippen molar-refractivity contribution in [2.24, 2.45) is 0 Å². The molecule has 11 heavy (non-hydrogen) atoms. The van der Waals surface area contributed by atoms with Crippen molar-refractivity contribution >= 4 is 0 Å². The Morgan fingerprint density at radius 3 is 2.27 bits per heavy atom. The van der Waals surface area contributed by atoms with Crippen molar-refractivity contribution in [1.82, 2.24) is 16.0 Å². The predicted octanol–water partition coefficient (Wildman–Crippen LogP) is 0.122. The normalized spacial score (nSPS) is 24.0. The Bertz CT molecular complexity index is 158. The molecule has 2 fully saturated rings. The minimum atomic E-state index is 1.07. The number of hydrogen-bond acceptors (Lipinski definition) is 3. The molecule has 3 heteroatoms. The standard InChI is InChI=1S/C8H15N3/c1-2-4-9-7(3-1)8-10-5-6-11-8/h9-11H,1-6H2. The first kappa shape index (κ1) is 6.83. The van der Waals surface area contributed by atoms with Crippen LogP contribution in [0, 0.1) is 0 Å². The number of allylic oxidation sites excluding steroid dienone is 1. The van der Waals surface area contributed by atoms with Gasteiger partial charge in [-0.25, -0.2) is 0 Å². The van der Waals surface area contributed by atoms with E-state index in [2.05, 4.69) is 16.0 Å². The van der Waals surface area contributed by atoms with Crippen LogP contribution in [0.5, 0.6) is 0 Å². The molecule has 0 bridgehead atoms. The average Bonchev–Trinajstić information content (AvgIpc) is 2.58. The molecular formula is C8H15N3. The lowest BCUT2D eigenvalue weighted by Gasteiger charge is -2.18.